The van der Waals surface area contributed by atoms with Crippen LogP contribution in [0.5, 0.6) is 0 Å². The van der Waals surface area contributed by atoms with E-state index in [0.29, 0.717) is 19.3 Å². The van der Waals surface area contributed by atoms with Gasteiger partial charge in [0.2, 0.25) is 0 Å². The molecule has 1 atom stereocenters. The minimum atomic E-state index is -0.327. The molecule has 0 aliphatic rings. The number of ketones is 2. The van der Waals surface area contributed by atoms with Crippen LogP contribution in [-0.2, 0) is 9.59 Å². The minimum Gasteiger partial charge on any atom is -0.300 e. The molecule has 219 valence electrons. The lowest BCUT2D eigenvalue weighted by molar-refractivity contribution is -0.126. The molecule has 0 aliphatic carbocycles. The van der Waals surface area contributed by atoms with E-state index in [2.05, 4.69) is 20.8 Å². The molecule has 0 bridgehead atoms. The van der Waals surface area contributed by atoms with Gasteiger partial charge >= 0.3 is 0 Å². The summed E-state index contributed by atoms with van der Waals surface area (Å²) in [6.07, 6.45) is 35.9. The Morgan fingerprint density at radius 2 is 0.703 bits per heavy atom. The Bertz CT molecular complexity index is 484. The van der Waals surface area contributed by atoms with Crippen molar-refractivity contribution in [2.24, 2.45) is 5.92 Å². The summed E-state index contributed by atoms with van der Waals surface area (Å²) >= 11 is 0. The Kier molecular flexibility index (Phi) is 29.4. The third-order valence-electron chi connectivity index (χ3n) is 8.02. The predicted molar refractivity (Wildman–Crippen MR) is 164 cm³/mol. The molecule has 0 aromatic heterocycles. The topological polar surface area (TPSA) is 34.1 Å². The number of unbranched alkanes of at least 4 members (excludes halogenated alkanes) is 24. The zero-order valence-electron chi connectivity index (χ0n) is 25.6. The minimum absolute atomic E-state index is 0.196. The van der Waals surface area contributed by atoms with Crippen LogP contribution in [0, 0.1) is 12.8 Å². The molecular formula is C35H67O2. The van der Waals surface area contributed by atoms with Gasteiger partial charge in [-0.25, -0.2) is 0 Å². The van der Waals surface area contributed by atoms with E-state index in [-0.39, 0.29) is 17.5 Å². The summed E-state index contributed by atoms with van der Waals surface area (Å²) in [5.41, 5.74) is 0. The third kappa shape index (κ3) is 28.2. The van der Waals surface area contributed by atoms with E-state index in [1.54, 1.807) is 0 Å². The second-order valence-corrected chi connectivity index (χ2v) is 11.9. The van der Waals surface area contributed by atoms with Gasteiger partial charge in [0.1, 0.15) is 11.6 Å². The molecule has 0 N–H and O–H groups in total. The van der Waals surface area contributed by atoms with Crippen LogP contribution in [-0.4, -0.2) is 11.6 Å². The van der Waals surface area contributed by atoms with Crippen molar-refractivity contribution in [3.8, 4) is 0 Å². The molecule has 0 spiro atoms. The maximum absolute atomic E-state index is 12.4. The molecule has 0 aromatic rings. The highest BCUT2D eigenvalue weighted by atomic mass is 16.1. The second kappa shape index (κ2) is 29.9. The highest BCUT2D eigenvalue weighted by Crippen LogP contribution is 2.17. The molecule has 0 amide bonds. The van der Waals surface area contributed by atoms with E-state index in [0.717, 1.165) is 25.7 Å². The van der Waals surface area contributed by atoms with Gasteiger partial charge < -0.3 is 0 Å². The Morgan fingerprint density at radius 3 is 1.03 bits per heavy atom. The number of carbonyl (C=O) groups is 2. The summed E-state index contributed by atoms with van der Waals surface area (Å²) in [6, 6.07) is 0. The quantitative estimate of drug-likeness (QED) is 0.0853. The van der Waals surface area contributed by atoms with Gasteiger partial charge in [-0.3, -0.25) is 9.59 Å². The molecule has 0 heterocycles. The maximum Gasteiger partial charge on any atom is 0.136 e. The maximum atomic E-state index is 12.4. The van der Waals surface area contributed by atoms with Crippen LogP contribution in [0.1, 0.15) is 200 Å². The van der Waals surface area contributed by atoms with Crippen molar-refractivity contribution in [3.05, 3.63) is 6.92 Å². The summed E-state index contributed by atoms with van der Waals surface area (Å²) in [5.74, 6) is 0.107. The van der Waals surface area contributed by atoms with Gasteiger partial charge in [-0.05, 0) is 19.8 Å². The Balaban J connectivity index is 3.43. The highest BCUT2D eigenvalue weighted by Gasteiger charge is 2.16. The lowest BCUT2D eigenvalue weighted by Crippen LogP contribution is -2.15. The first-order valence-electron chi connectivity index (χ1n) is 17.0. The molecule has 0 saturated heterocycles. The van der Waals surface area contributed by atoms with Crippen molar-refractivity contribution >= 4 is 11.6 Å². The SMILES string of the molecule is [CH2]C(CC(=O)CCCCCCCCCCCCCCC)C(=O)CCCCCCCCCCCCCCC. The standard InChI is InChI=1S/C35H67O2/c1-4-6-8-10-12-14-16-18-20-22-24-26-28-30-34(36)32-33(3)35(37)31-29-27-25-23-21-19-17-15-13-11-9-7-5-2/h33H,3-32H2,1-2H3. The van der Waals surface area contributed by atoms with E-state index >= 15 is 0 Å². The fourth-order valence-electron chi connectivity index (χ4n) is 5.35. The summed E-state index contributed by atoms with van der Waals surface area (Å²) in [5, 5.41) is 0. The van der Waals surface area contributed by atoms with E-state index < -0.39 is 0 Å². The Morgan fingerprint density at radius 1 is 0.432 bits per heavy atom. The number of hydrogen-bond acceptors (Lipinski definition) is 2. The first-order chi connectivity index (χ1) is 18.1. The highest BCUT2D eigenvalue weighted by molar-refractivity contribution is 5.88. The van der Waals surface area contributed by atoms with Gasteiger partial charge in [0.15, 0.2) is 0 Å². The zero-order chi connectivity index (χ0) is 27.2. The van der Waals surface area contributed by atoms with Crippen LogP contribution in [0.25, 0.3) is 0 Å². The van der Waals surface area contributed by atoms with Crippen LogP contribution >= 0.6 is 0 Å². The van der Waals surface area contributed by atoms with Crippen molar-refractivity contribution in [2.75, 3.05) is 0 Å². The third-order valence-corrected chi connectivity index (χ3v) is 8.02. The first-order valence-corrected chi connectivity index (χ1v) is 17.0. The fourth-order valence-corrected chi connectivity index (χ4v) is 5.35. The number of hydrogen-bond donors (Lipinski definition) is 0. The largest absolute Gasteiger partial charge is 0.300 e. The van der Waals surface area contributed by atoms with Crippen LogP contribution in [0.3, 0.4) is 0 Å². The smallest absolute Gasteiger partial charge is 0.136 e. The van der Waals surface area contributed by atoms with Crippen molar-refractivity contribution in [3.63, 3.8) is 0 Å². The lowest BCUT2D eigenvalue weighted by atomic mass is 9.93. The van der Waals surface area contributed by atoms with Gasteiger partial charge in [-0.2, -0.15) is 0 Å². The van der Waals surface area contributed by atoms with Gasteiger partial charge in [0, 0.05) is 25.2 Å². The van der Waals surface area contributed by atoms with Crippen LogP contribution in [0.4, 0.5) is 0 Å². The zero-order valence-corrected chi connectivity index (χ0v) is 25.6. The second-order valence-electron chi connectivity index (χ2n) is 11.9. The molecule has 1 unspecified atom stereocenters. The van der Waals surface area contributed by atoms with Crippen molar-refractivity contribution in [2.45, 2.75) is 200 Å². The van der Waals surface area contributed by atoms with E-state index in [1.807, 2.05) is 0 Å². The Labute approximate surface area is 233 Å². The summed E-state index contributed by atoms with van der Waals surface area (Å²) in [4.78, 5) is 24.6. The van der Waals surface area contributed by atoms with Gasteiger partial charge in [-0.1, -0.05) is 168 Å². The molecule has 0 saturated carbocycles. The van der Waals surface area contributed by atoms with Gasteiger partial charge in [-0.15, -0.1) is 0 Å². The molecule has 2 nitrogen and oxygen atoms in total. The molecule has 0 fully saturated rings. The number of rotatable bonds is 31. The van der Waals surface area contributed by atoms with Crippen LogP contribution < -0.4 is 0 Å². The monoisotopic (exact) mass is 520 g/mol. The van der Waals surface area contributed by atoms with Gasteiger partial charge in [0.05, 0.1) is 0 Å². The van der Waals surface area contributed by atoms with Crippen molar-refractivity contribution in [1.82, 2.24) is 0 Å². The van der Waals surface area contributed by atoms with Gasteiger partial charge in [0.25, 0.3) is 0 Å². The average Bonchev–Trinajstić information content (AvgIpc) is 2.89. The lowest BCUT2D eigenvalue weighted by Gasteiger charge is -2.10. The molecule has 0 rings (SSSR count). The van der Waals surface area contributed by atoms with Crippen LogP contribution in [0.15, 0.2) is 0 Å². The van der Waals surface area contributed by atoms with Crippen LogP contribution in [0.2, 0.25) is 0 Å². The molecule has 0 aliphatic heterocycles. The molecule has 2 heteroatoms. The molecular weight excluding hydrogens is 452 g/mol. The number of carbonyl (C=O) groups excluding carboxylic acids is 2. The normalized spacial score (nSPS) is 12.2. The molecule has 0 aromatic carbocycles. The Hall–Kier alpha value is -0.660. The summed E-state index contributed by atoms with van der Waals surface area (Å²) in [6.45, 7) is 8.55. The predicted octanol–water partition coefficient (Wildman–Crippen LogP) is 11.9. The van der Waals surface area contributed by atoms with E-state index in [4.69, 9.17) is 0 Å². The average molecular weight is 520 g/mol. The summed E-state index contributed by atoms with van der Waals surface area (Å²) in [7, 11) is 0. The van der Waals surface area contributed by atoms with E-state index in [1.165, 1.54) is 141 Å². The molecule has 1 radical (unpaired) electrons. The first kappa shape index (κ1) is 36.3. The van der Waals surface area contributed by atoms with Crippen molar-refractivity contribution in [1.29, 1.82) is 0 Å². The summed E-state index contributed by atoms with van der Waals surface area (Å²) < 4.78 is 0. The molecule has 37 heavy (non-hydrogen) atoms. The fraction of sp³-hybridized carbons (Fsp3) is 0.914. The van der Waals surface area contributed by atoms with Crippen molar-refractivity contribution < 1.29 is 9.59 Å². The van der Waals surface area contributed by atoms with E-state index in [9.17, 15) is 9.59 Å². The number of Topliss-reactive ketones (excluding diaryl/α,β-unsaturated/α-hetero) is 2.